The predicted octanol–water partition coefficient (Wildman–Crippen LogP) is 3.36. The average Bonchev–Trinajstić information content (AvgIpc) is 2.24. The van der Waals surface area contributed by atoms with Crippen LogP contribution in [0.1, 0.15) is 31.9 Å². The standard InChI is InChI=1S/C15H20O3/c1-11-10-12(6-8-13(11)17-5)7-9-14(16)18-15(2,3)4/h6-10H,1-5H3/b9-7+. The van der Waals surface area contributed by atoms with Crippen LogP contribution >= 0.6 is 0 Å². The molecule has 0 bridgehead atoms. The summed E-state index contributed by atoms with van der Waals surface area (Å²) in [5, 5.41) is 0. The number of carbonyl (C=O) groups excluding carboxylic acids is 1. The van der Waals surface area contributed by atoms with Crippen LogP contribution in [0, 0.1) is 6.92 Å². The number of ether oxygens (including phenoxy) is 2. The monoisotopic (exact) mass is 248 g/mol. The summed E-state index contributed by atoms with van der Waals surface area (Å²) in [7, 11) is 1.64. The summed E-state index contributed by atoms with van der Waals surface area (Å²) in [4.78, 5) is 11.5. The largest absolute Gasteiger partial charge is 0.496 e. The summed E-state index contributed by atoms with van der Waals surface area (Å²) in [5.74, 6) is 0.500. The minimum Gasteiger partial charge on any atom is -0.496 e. The van der Waals surface area contributed by atoms with E-state index in [4.69, 9.17) is 9.47 Å². The van der Waals surface area contributed by atoms with Crippen molar-refractivity contribution in [2.75, 3.05) is 7.11 Å². The van der Waals surface area contributed by atoms with E-state index in [2.05, 4.69) is 0 Å². The molecule has 18 heavy (non-hydrogen) atoms. The second-order valence-electron chi connectivity index (χ2n) is 5.10. The fourth-order valence-corrected chi connectivity index (χ4v) is 1.51. The molecule has 0 radical (unpaired) electrons. The Kier molecular flexibility index (Phi) is 4.54. The van der Waals surface area contributed by atoms with Crippen molar-refractivity contribution >= 4 is 12.0 Å². The van der Waals surface area contributed by atoms with Crippen molar-refractivity contribution in [1.29, 1.82) is 0 Å². The van der Waals surface area contributed by atoms with Gasteiger partial charge in [-0.2, -0.15) is 0 Å². The minimum atomic E-state index is -0.461. The van der Waals surface area contributed by atoms with Gasteiger partial charge in [-0.15, -0.1) is 0 Å². The van der Waals surface area contributed by atoms with Gasteiger partial charge in [-0.05, 0) is 57.0 Å². The maximum Gasteiger partial charge on any atom is 0.331 e. The van der Waals surface area contributed by atoms with Crippen molar-refractivity contribution in [3.05, 3.63) is 35.4 Å². The summed E-state index contributed by atoms with van der Waals surface area (Å²) < 4.78 is 10.4. The highest BCUT2D eigenvalue weighted by atomic mass is 16.6. The normalized spacial score (nSPS) is 11.6. The molecule has 0 aliphatic carbocycles. The zero-order chi connectivity index (χ0) is 13.8. The van der Waals surface area contributed by atoms with Crippen molar-refractivity contribution < 1.29 is 14.3 Å². The number of methoxy groups -OCH3 is 1. The van der Waals surface area contributed by atoms with E-state index < -0.39 is 5.60 Å². The molecule has 0 aromatic heterocycles. The predicted molar refractivity (Wildman–Crippen MR) is 72.6 cm³/mol. The first-order chi connectivity index (χ1) is 8.31. The number of carbonyl (C=O) groups is 1. The lowest BCUT2D eigenvalue weighted by Gasteiger charge is -2.17. The Morgan fingerprint density at radius 2 is 1.94 bits per heavy atom. The first-order valence-corrected chi connectivity index (χ1v) is 5.87. The Balaban J connectivity index is 2.73. The third-order valence-electron chi connectivity index (χ3n) is 2.24. The molecule has 0 N–H and O–H groups in total. The van der Waals surface area contributed by atoms with Crippen LogP contribution in [0.25, 0.3) is 6.08 Å². The quantitative estimate of drug-likeness (QED) is 0.608. The molecule has 0 unspecified atom stereocenters. The van der Waals surface area contributed by atoms with Crippen LogP contribution in [0.5, 0.6) is 5.75 Å². The summed E-state index contributed by atoms with van der Waals surface area (Å²) in [5.41, 5.74) is 1.51. The molecule has 0 saturated heterocycles. The highest BCUT2D eigenvalue weighted by Gasteiger charge is 2.13. The molecule has 0 heterocycles. The zero-order valence-corrected chi connectivity index (χ0v) is 11.6. The topological polar surface area (TPSA) is 35.5 Å². The van der Waals surface area contributed by atoms with Crippen LogP contribution in [-0.4, -0.2) is 18.7 Å². The molecule has 0 amide bonds. The zero-order valence-electron chi connectivity index (χ0n) is 11.6. The summed E-state index contributed by atoms with van der Waals surface area (Å²) in [6, 6.07) is 5.73. The van der Waals surface area contributed by atoms with Crippen LogP contribution in [0.4, 0.5) is 0 Å². The van der Waals surface area contributed by atoms with Crippen molar-refractivity contribution in [1.82, 2.24) is 0 Å². The highest BCUT2D eigenvalue weighted by Crippen LogP contribution is 2.19. The maximum absolute atomic E-state index is 11.5. The highest BCUT2D eigenvalue weighted by molar-refractivity contribution is 5.87. The number of esters is 1. The third-order valence-corrected chi connectivity index (χ3v) is 2.24. The molecule has 1 rings (SSSR count). The average molecular weight is 248 g/mol. The number of benzene rings is 1. The number of rotatable bonds is 3. The van der Waals surface area contributed by atoms with Gasteiger partial charge in [0.05, 0.1) is 7.11 Å². The summed E-state index contributed by atoms with van der Waals surface area (Å²) in [6.07, 6.45) is 3.17. The van der Waals surface area contributed by atoms with Gasteiger partial charge in [0.25, 0.3) is 0 Å². The lowest BCUT2D eigenvalue weighted by Crippen LogP contribution is -2.22. The van der Waals surface area contributed by atoms with Gasteiger partial charge >= 0.3 is 5.97 Å². The van der Waals surface area contributed by atoms with Crippen LogP contribution in [0.15, 0.2) is 24.3 Å². The number of hydrogen-bond acceptors (Lipinski definition) is 3. The van der Waals surface area contributed by atoms with Gasteiger partial charge in [0, 0.05) is 6.08 Å². The fraction of sp³-hybridized carbons (Fsp3) is 0.400. The van der Waals surface area contributed by atoms with Gasteiger partial charge in [-0.1, -0.05) is 6.07 Å². The SMILES string of the molecule is COc1ccc(/C=C/C(=O)OC(C)(C)C)cc1C. The third kappa shape index (κ3) is 4.62. The lowest BCUT2D eigenvalue weighted by atomic mass is 10.1. The van der Waals surface area contributed by atoms with E-state index in [1.54, 1.807) is 13.2 Å². The molecule has 3 heteroatoms. The molecule has 0 fully saturated rings. The van der Waals surface area contributed by atoms with Crippen LogP contribution in [0.2, 0.25) is 0 Å². The molecule has 0 aliphatic heterocycles. The van der Waals surface area contributed by atoms with E-state index >= 15 is 0 Å². The molecule has 1 aromatic carbocycles. The molecular weight excluding hydrogens is 228 g/mol. The maximum atomic E-state index is 11.5. The minimum absolute atomic E-state index is 0.337. The van der Waals surface area contributed by atoms with Gasteiger partial charge in [0.15, 0.2) is 0 Å². The molecule has 0 saturated carbocycles. The molecule has 0 spiro atoms. The number of aryl methyl sites for hydroxylation is 1. The Morgan fingerprint density at radius 1 is 1.28 bits per heavy atom. The molecule has 0 aliphatic rings. The molecule has 98 valence electrons. The van der Waals surface area contributed by atoms with E-state index in [1.807, 2.05) is 45.9 Å². The first kappa shape index (κ1) is 14.3. The van der Waals surface area contributed by atoms with E-state index in [9.17, 15) is 4.79 Å². The van der Waals surface area contributed by atoms with Gasteiger partial charge in [0.2, 0.25) is 0 Å². The number of hydrogen-bond donors (Lipinski definition) is 0. The Hall–Kier alpha value is -1.77. The van der Waals surface area contributed by atoms with E-state index in [0.29, 0.717) is 0 Å². The van der Waals surface area contributed by atoms with E-state index in [-0.39, 0.29) is 5.97 Å². The Bertz CT molecular complexity index is 453. The second kappa shape index (κ2) is 5.71. The Morgan fingerprint density at radius 3 is 2.44 bits per heavy atom. The van der Waals surface area contributed by atoms with Gasteiger partial charge in [-0.25, -0.2) is 4.79 Å². The fourth-order valence-electron chi connectivity index (χ4n) is 1.51. The van der Waals surface area contributed by atoms with Crippen molar-refractivity contribution in [2.45, 2.75) is 33.3 Å². The van der Waals surface area contributed by atoms with Crippen molar-refractivity contribution in [3.8, 4) is 5.75 Å². The van der Waals surface area contributed by atoms with E-state index in [1.165, 1.54) is 6.08 Å². The smallest absolute Gasteiger partial charge is 0.331 e. The van der Waals surface area contributed by atoms with Crippen LogP contribution in [0.3, 0.4) is 0 Å². The molecule has 3 nitrogen and oxygen atoms in total. The van der Waals surface area contributed by atoms with Crippen molar-refractivity contribution in [2.24, 2.45) is 0 Å². The summed E-state index contributed by atoms with van der Waals surface area (Å²) >= 11 is 0. The lowest BCUT2D eigenvalue weighted by molar-refractivity contribution is -0.148. The molecule has 0 atom stereocenters. The van der Waals surface area contributed by atoms with Crippen LogP contribution in [-0.2, 0) is 9.53 Å². The van der Waals surface area contributed by atoms with Gasteiger partial charge in [-0.3, -0.25) is 0 Å². The second-order valence-corrected chi connectivity index (χ2v) is 5.10. The Labute approximate surface area is 108 Å². The first-order valence-electron chi connectivity index (χ1n) is 5.87. The molecular formula is C15H20O3. The van der Waals surface area contributed by atoms with Gasteiger partial charge < -0.3 is 9.47 Å². The van der Waals surface area contributed by atoms with E-state index in [0.717, 1.165) is 16.9 Å². The summed E-state index contributed by atoms with van der Waals surface area (Å²) in [6.45, 7) is 7.49. The van der Waals surface area contributed by atoms with Crippen molar-refractivity contribution in [3.63, 3.8) is 0 Å². The van der Waals surface area contributed by atoms with Gasteiger partial charge in [0.1, 0.15) is 11.4 Å². The van der Waals surface area contributed by atoms with Crippen LogP contribution < -0.4 is 4.74 Å². The molecule has 1 aromatic rings.